The van der Waals surface area contributed by atoms with Gasteiger partial charge in [-0.3, -0.25) is 4.79 Å². The zero-order valence-electron chi connectivity index (χ0n) is 14.3. The molecule has 1 heterocycles. The molecule has 0 radical (unpaired) electrons. The molecule has 1 aliphatic carbocycles. The van der Waals surface area contributed by atoms with E-state index in [0.717, 1.165) is 29.0 Å². The molecule has 0 aliphatic heterocycles. The highest BCUT2D eigenvalue weighted by Gasteiger charge is 2.45. The van der Waals surface area contributed by atoms with E-state index < -0.39 is 5.60 Å². The summed E-state index contributed by atoms with van der Waals surface area (Å²) in [5.41, 5.74) is 1.22. The molecule has 4 rings (SSSR count). The van der Waals surface area contributed by atoms with Crippen molar-refractivity contribution in [2.45, 2.75) is 18.4 Å². The maximum absolute atomic E-state index is 12.5. The first kappa shape index (κ1) is 16.9. The second-order valence-electron chi connectivity index (χ2n) is 6.65. The number of nitrogens with zero attached hydrogens (tertiary/aromatic N) is 1. The van der Waals surface area contributed by atoms with Crippen molar-refractivity contribution in [1.82, 2.24) is 10.3 Å². The number of hydrogen-bond donors (Lipinski definition) is 2. The van der Waals surface area contributed by atoms with E-state index in [1.165, 1.54) is 11.3 Å². The van der Waals surface area contributed by atoms with Crippen LogP contribution in [0.25, 0.3) is 10.6 Å². The minimum absolute atomic E-state index is 0.193. The van der Waals surface area contributed by atoms with Crippen LogP contribution in [0.2, 0.25) is 0 Å². The molecule has 2 aromatic carbocycles. The molecular weight excluding hydrogens is 344 g/mol. The quantitative estimate of drug-likeness (QED) is 0.699. The molecule has 1 saturated carbocycles. The van der Waals surface area contributed by atoms with Gasteiger partial charge in [0.2, 0.25) is 0 Å². The third-order valence-corrected chi connectivity index (χ3v) is 5.69. The zero-order valence-corrected chi connectivity index (χ0v) is 15.1. The van der Waals surface area contributed by atoms with Crippen LogP contribution in [0.5, 0.6) is 0 Å². The average Bonchev–Trinajstić information content (AvgIpc) is 3.44. The highest BCUT2D eigenvalue weighted by molar-refractivity contribution is 7.13. The van der Waals surface area contributed by atoms with Crippen LogP contribution < -0.4 is 5.32 Å². The van der Waals surface area contributed by atoms with Crippen LogP contribution in [0.15, 0.2) is 66.0 Å². The Kier molecular flexibility index (Phi) is 4.57. The number of carbonyl (C=O) groups excluding carboxylic acids is 1. The number of amides is 1. The molecular formula is C21H20N2O2S. The molecule has 132 valence electrons. The van der Waals surface area contributed by atoms with Gasteiger partial charge < -0.3 is 10.4 Å². The fraction of sp³-hybridized carbons (Fsp3) is 0.238. The second-order valence-corrected chi connectivity index (χ2v) is 7.51. The van der Waals surface area contributed by atoms with Gasteiger partial charge in [0.05, 0.1) is 6.54 Å². The molecule has 0 spiro atoms. The summed E-state index contributed by atoms with van der Waals surface area (Å²) in [5, 5.41) is 16.6. The lowest BCUT2D eigenvalue weighted by atomic mass is 9.88. The summed E-state index contributed by atoms with van der Waals surface area (Å²) < 4.78 is 0. The van der Waals surface area contributed by atoms with E-state index in [1.54, 1.807) is 5.38 Å². The molecule has 0 bridgehead atoms. The van der Waals surface area contributed by atoms with E-state index in [1.807, 2.05) is 60.7 Å². The van der Waals surface area contributed by atoms with E-state index in [4.69, 9.17) is 0 Å². The van der Waals surface area contributed by atoms with Crippen LogP contribution >= 0.6 is 11.3 Å². The van der Waals surface area contributed by atoms with E-state index in [9.17, 15) is 9.90 Å². The minimum atomic E-state index is -1.02. The number of hydrogen-bond acceptors (Lipinski definition) is 4. The summed E-state index contributed by atoms with van der Waals surface area (Å²) in [5.74, 6) is -0.0565. The number of aliphatic hydroxyl groups is 1. The van der Waals surface area contributed by atoms with Gasteiger partial charge in [0.15, 0.2) is 0 Å². The Morgan fingerprint density at radius 1 is 1.12 bits per heavy atom. The topological polar surface area (TPSA) is 62.2 Å². The summed E-state index contributed by atoms with van der Waals surface area (Å²) in [6, 6.07) is 19.4. The molecule has 1 aliphatic rings. The minimum Gasteiger partial charge on any atom is -0.383 e. The lowest BCUT2D eigenvalue weighted by Crippen LogP contribution is -2.42. The van der Waals surface area contributed by atoms with Crippen LogP contribution in [-0.2, 0) is 5.60 Å². The monoisotopic (exact) mass is 364 g/mol. The molecule has 3 aromatic rings. The van der Waals surface area contributed by atoms with Crippen molar-refractivity contribution in [2.75, 3.05) is 6.54 Å². The van der Waals surface area contributed by atoms with E-state index in [0.29, 0.717) is 5.69 Å². The molecule has 5 heteroatoms. The number of benzene rings is 2. The Balaban J connectivity index is 1.47. The molecule has 2 N–H and O–H groups in total. The Hall–Kier alpha value is -2.50. The van der Waals surface area contributed by atoms with Gasteiger partial charge in [-0.1, -0.05) is 60.7 Å². The average molecular weight is 364 g/mol. The number of carbonyl (C=O) groups is 1. The summed E-state index contributed by atoms with van der Waals surface area (Å²) in [7, 11) is 0. The molecule has 1 aromatic heterocycles. The highest BCUT2D eigenvalue weighted by Crippen LogP contribution is 2.45. The lowest BCUT2D eigenvalue weighted by Gasteiger charge is -2.29. The first-order valence-electron chi connectivity index (χ1n) is 8.74. The lowest BCUT2D eigenvalue weighted by molar-refractivity contribution is 0.0134. The zero-order chi connectivity index (χ0) is 18.0. The summed E-state index contributed by atoms with van der Waals surface area (Å²) in [4.78, 5) is 17.0. The molecule has 4 nitrogen and oxygen atoms in total. The fourth-order valence-corrected chi connectivity index (χ4v) is 3.97. The molecule has 0 saturated heterocycles. The standard InChI is InChI=1S/C21H20N2O2S/c24-19(18-13-26-20(23-18)15-7-3-1-4-8-15)22-14-21(25,17-11-12-17)16-9-5-2-6-10-16/h1-10,13,17,25H,11-12,14H2,(H,22,24)/t21-/m1/s1. The Morgan fingerprint density at radius 3 is 2.42 bits per heavy atom. The molecule has 26 heavy (non-hydrogen) atoms. The summed E-state index contributed by atoms with van der Waals surface area (Å²) in [6.07, 6.45) is 1.96. The van der Waals surface area contributed by atoms with Crippen LogP contribution in [0.3, 0.4) is 0 Å². The second kappa shape index (κ2) is 7.02. The van der Waals surface area contributed by atoms with Crippen LogP contribution in [0.4, 0.5) is 0 Å². The van der Waals surface area contributed by atoms with Gasteiger partial charge in [-0.2, -0.15) is 0 Å². The predicted octanol–water partition coefficient (Wildman–Crippen LogP) is 3.84. The summed E-state index contributed by atoms with van der Waals surface area (Å²) >= 11 is 1.44. The number of rotatable bonds is 6. The third kappa shape index (κ3) is 3.41. The van der Waals surface area contributed by atoms with E-state index in [2.05, 4.69) is 10.3 Å². The molecule has 1 atom stereocenters. The predicted molar refractivity (Wildman–Crippen MR) is 103 cm³/mol. The van der Waals surface area contributed by atoms with E-state index >= 15 is 0 Å². The maximum atomic E-state index is 12.5. The van der Waals surface area contributed by atoms with Crippen molar-refractivity contribution in [1.29, 1.82) is 0 Å². The Labute approximate surface area is 156 Å². The van der Waals surface area contributed by atoms with Gasteiger partial charge in [0.25, 0.3) is 5.91 Å². The van der Waals surface area contributed by atoms with Gasteiger partial charge >= 0.3 is 0 Å². The SMILES string of the molecule is O=C(NC[C@@](O)(c1ccccc1)C1CC1)c1csc(-c2ccccc2)n1. The third-order valence-electron chi connectivity index (χ3n) is 4.80. The van der Waals surface area contributed by atoms with Crippen molar-refractivity contribution in [3.63, 3.8) is 0 Å². The summed E-state index contributed by atoms with van der Waals surface area (Å²) in [6.45, 7) is 0.193. The van der Waals surface area contributed by atoms with Gasteiger partial charge in [0.1, 0.15) is 16.3 Å². The Morgan fingerprint density at radius 2 is 1.77 bits per heavy atom. The number of thiazole rings is 1. The van der Waals surface area contributed by atoms with Crippen molar-refractivity contribution in [3.8, 4) is 10.6 Å². The normalized spacial score (nSPS) is 16.0. The van der Waals surface area contributed by atoms with Crippen molar-refractivity contribution in [3.05, 3.63) is 77.3 Å². The van der Waals surface area contributed by atoms with Gasteiger partial charge in [-0.15, -0.1) is 11.3 Å². The highest BCUT2D eigenvalue weighted by atomic mass is 32.1. The fourth-order valence-electron chi connectivity index (χ4n) is 3.17. The van der Waals surface area contributed by atoms with Crippen LogP contribution in [0.1, 0.15) is 28.9 Å². The van der Waals surface area contributed by atoms with Crippen molar-refractivity contribution < 1.29 is 9.90 Å². The first-order chi connectivity index (χ1) is 12.7. The maximum Gasteiger partial charge on any atom is 0.270 e. The number of nitrogens with one attached hydrogen (secondary N) is 1. The Bertz CT molecular complexity index is 891. The van der Waals surface area contributed by atoms with E-state index in [-0.39, 0.29) is 18.4 Å². The smallest absolute Gasteiger partial charge is 0.270 e. The first-order valence-corrected chi connectivity index (χ1v) is 9.62. The molecule has 0 unspecified atom stereocenters. The molecule has 1 amide bonds. The number of aromatic nitrogens is 1. The van der Waals surface area contributed by atoms with Gasteiger partial charge in [0, 0.05) is 10.9 Å². The van der Waals surface area contributed by atoms with Crippen molar-refractivity contribution in [2.24, 2.45) is 5.92 Å². The molecule has 1 fully saturated rings. The van der Waals surface area contributed by atoms with Crippen molar-refractivity contribution >= 4 is 17.2 Å². The van der Waals surface area contributed by atoms with Gasteiger partial charge in [-0.05, 0) is 24.3 Å². The van der Waals surface area contributed by atoms with Crippen LogP contribution in [-0.4, -0.2) is 22.5 Å². The largest absolute Gasteiger partial charge is 0.383 e. The van der Waals surface area contributed by atoms with Gasteiger partial charge in [-0.25, -0.2) is 4.98 Å². The van der Waals surface area contributed by atoms with Crippen LogP contribution in [0, 0.1) is 5.92 Å².